The maximum Gasteiger partial charge on any atom is 0.416 e. The first-order valence-corrected chi connectivity index (χ1v) is 8.17. The van der Waals surface area contributed by atoms with Gasteiger partial charge in [0.1, 0.15) is 10.8 Å². The number of anilines is 2. The summed E-state index contributed by atoms with van der Waals surface area (Å²) in [5.74, 6) is 0.170. The number of hydrogen-bond acceptors (Lipinski definition) is 5. The van der Waals surface area contributed by atoms with E-state index in [1.165, 1.54) is 24.1 Å². The molecule has 0 atom stereocenters. The molecule has 0 bridgehead atoms. The van der Waals surface area contributed by atoms with Gasteiger partial charge in [0.15, 0.2) is 11.5 Å². The highest BCUT2D eigenvalue weighted by Crippen LogP contribution is 2.41. The third-order valence-corrected chi connectivity index (χ3v) is 4.42. The number of aromatic nitrogens is 2. The van der Waals surface area contributed by atoms with Gasteiger partial charge in [0.25, 0.3) is 0 Å². The van der Waals surface area contributed by atoms with Gasteiger partial charge in [-0.2, -0.15) is 13.2 Å². The number of alkyl halides is 3. The molecule has 0 saturated heterocycles. The van der Waals surface area contributed by atoms with Crippen LogP contribution in [-0.4, -0.2) is 30.1 Å². The number of ether oxygens (including phenoxy) is 1. The molecule has 3 rings (SSSR count). The maximum atomic E-state index is 12.7. The van der Waals surface area contributed by atoms with E-state index in [9.17, 15) is 18.0 Å². The number of rotatable bonds is 4. The average Bonchev–Trinajstić information content (AvgIpc) is 3.45. The Morgan fingerprint density at radius 1 is 1.23 bits per heavy atom. The molecule has 1 saturated carbocycles. The van der Waals surface area contributed by atoms with Gasteiger partial charge in [-0.1, -0.05) is 11.6 Å². The monoisotopic (exact) mass is 385 g/mol. The molecule has 0 N–H and O–H groups in total. The van der Waals surface area contributed by atoms with Crippen molar-refractivity contribution < 1.29 is 22.7 Å². The van der Waals surface area contributed by atoms with Crippen molar-refractivity contribution in [2.75, 3.05) is 19.1 Å². The number of halogens is 4. The molecule has 1 fully saturated rings. The van der Waals surface area contributed by atoms with Crippen LogP contribution in [0.15, 0.2) is 24.3 Å². The first kappa shape index (κ1) is 18.4. The summed E-state index contributed by atoms with van der Waals surface area (Å²) in [5, 5.41) is -0.0105. The Bertz CT molecular complexity index is 836. The van der Waals surface area contributed by atoms with Crippen molar-refractivity contribution >= 4 is 29.1 Å². The summed E-state index contributed by atoms with van der Waals surface area (Å²) in [6.45, 7) is 0. The Hall–Kier alpha value is -2.35. The molecule has 0 aliphatic heterocycles. The Labute approximate surface area is 152 Å². The third kappa shape index (κ3) is 3.60. The highest BCUT2D eigenvalue weighted by atomic mass is 35.5. The predicted molar refractivity (Wildman–Crippen MR) is 89.9 cm³/mol. The van der Waals surface area contributed by atoms with Crippen molar-refractivity contribution in [1.82, 2.24) is 9.97 Å². The summed E-state index contributed by atoms with van der Waals surface area (Å²) < 4.78 is 42.9. The minimum Gasteiger partial charge on any atom is -0.464 e. The van der Waals surface area contributed by atoms with E-state index in [2.05, 4.69) is 9.97 Å². The van der Waals surface area contributed by atoms with Crippen molar-refractivity contribution in [2.24, 2.45) is 0 Å². The van der Waals surface area contributed by atoms with Gasteiger partial charge in [-0.15, -0.1) is 0 Å². The fraction of sp³-hybridized carbons (Fsp3) is 0.353. The first-order valence-electron chi connectivity index (χ1n) is 7.79. The van der Waals surface area contributed by atoms with Crippen LogP contribution in [0.2, 0.25) is 5.02 Å². The number of nitrogens with zero attached hydrogens (tertiary/aromatic N) is 3. The minimum atomic E-state index is -4.42. The number of methoxy groups -OCH3 is 1. The van der Waals surface area contributed by atoms with E-state index >= 15 is 0 Å². The van der Waals surface area contributed by atoms with E-state index in [0.717, 1.165) is 25.0 Å². The molecule has 0 spiro atoms. The lowest BCUT2D eigenvalue weighted by Gasteiger charge is -2.21. The number of hydrogen-bond donors (Lipinski definition) is 0. The van der Waals surface area contributed by atoms with Crippen LogP contribution in [0.1, 0.15) is 40.6 Å². The van der Waals surface area contributed by atoms with Crippen LogP contribution in [0, 0.1) is 0 Å². The van der Waals surface area contributed by atoms with Crippen molar-refractivity contribution in [1.29, 1.82) is 0 Å². The highest BCUT2D eigenvalue weighted by molar-refractivity contribution is 6.35. The molecule has 0 unspecified atom stereocenters. The second-order valence-electron chi connectivity index (χ2n) is 5.94. The first-order chi connectivity index (χ1) is 12.2. The molecule has 138 valence electrons. The summed E-state index contributed by atoms with van der Waals surface area (Å²) in [4.78, 5) is 22.1. The Morgan fingerprint density at radius 2 is 1.85 bits per heavy atom. The van der Waals surface area contributed by atoms with Crippen LogP contribution in [0.25, 0.3) is 0 Å². The normalized spacial score (nSPS) is 14.2. The van der Waals surface area contributed by atoms with Gasteiger partial charge in [-0.25, -0.2) is 14.8 Å². The Morgan fingerprint density at radius 3 is 2.35 bits per heavy atom. The summed E-state index contributed by atoms with van der Waals surface area (Å²) >= 11 is 6.28. The average molecular weight is 386 g/mol. The van der Waals surface area contributed by atoms with E-state index in [0.29, 0.717) is 11.5 Å². The van der Waals surface area contributed by atoms with Gasteiger partial charge in [0, 0.05) is 18.7 Å². The van der Waals surface area contributed by atoms with Crippen molar-refractivity contribution in [3.63, 3.8) is 0 Å². The van der Waals surface area contributed by atoms with Crippen molar-refractivity contribution in [3.8, 4) is 0 Å². The standard InChI is InChI=1S/C17H15ClF3N3O2/c1-24(11-7-5-10(6-8-11)17(19,20)21)15-12(18)13(16(25)26-2)22-14(23-15)9-3-4-9/h5-9H,3-4H2,1-2H3. The number of carbonyl (C=O) groups excluding carboxylic acids is 1. The molecule has 0 amide bonds. The molecule has 1 aliphatic rings. The largest absolute Gasteiger partial charge is 0.464 e. The predicted octanol–water partition coefficient (Wildman–Crippen LogP) is 4.58. The van der Waals surface area contributed by atoms with E-state index in [4.69, 9.17) is 16.3 Å². The molecule has 2 aromatic rings. The van der Waals surface area contributed by atoms with Gasteiger partial charge < -0.3 is 9.64 Å². The fourth-order valence-electron chi connectivity index (χ4n) is 2.43. The molecule has 26 heavy (non-hydrogen) atoms. The summed E-state index contributed by atoms with van der Waals surface area (Å²) in [7, 11) is 2.82. The summed E-state index contributed by atoms with van der Waals surface area (Å²) in [5.41, 5.74) is -0.367. The quantitative estimate of drug-likeness (QED) is 0.721. The van der Waals surface area contributed by atoms with Crippen LogP contribution in [-0.2, 0) is 10.9 Å². The molecule has 1 aromatic carbocycles. The van der Waals surface area contributed by atoms with Gasteiger partial charge in [0.05, 0.1) is 12.7 Å². The Balaban J connectivity index is 2.01. The lowest BCUT2D eigenvalue weighted by Crippen LogP contribution is -2.17. The molecular weight excluding hydrogens is 371 g/mol. The zero-order valence-corrected chi connectivity index (χ0v) is 14.7. The maximum absolute atomic E-state index is 12.7. The second kappa shape index (κ2) is 6.75. The van der Waals surface area contributed by atoms with Crippen LogP contribution in [0.3, 0.4) is 0 Å². The topological polar surface area (TPSA) is 55.3 Å². The minimum absolute atomic E-state index is 0.0105. The lowest BCUT2D eigenvalue weighted by atomic mass is 10.2. The van der Waals surface area contributed by atoms with E-state index < -0.39 is 17.7 Å². The summed E-state index contributed by atoms with van der Waals surface area (Å²) in [6, 6.07) is 4.58. The SMILES string of the molecule is COC(=O)c1nc(C2CC2)nc(N(C)c2ccc(C(F)(F)F)cc2)c1Cl. The molecule has 5 nitrogen and oxygen atoms in total. The zero-order valence-electron chi connectivity index (χ0n) is 14.0. The molecule has 1 heterocycles. The van der Waals surface area contributed by atoms with E-state index in [1.807, 2.05) is 0 Å². The molecule has 0 radical (unpaired) electrons. The second-order valence-corrected chi connectivity index (χ2v) is 6.32. The smallest absolute Gasteiger partial charge is 0.416 e. The Kier molecular flexibility index (Phi) is 4.79. The molecule has 9 heteroatoms. The van der Waals surface area contributed by atoms with Crippen molar-refractivity contribution in [2.45, 2.75) is 24.9 Å². The lowest BCUT2D eigenvalue weighted by molar-refractivity contribution is -0.137. The van der Waals surface area contributed by atoms with Gasteiger partial charge in [-0.05, 0) is 37.1 Å². The number of benzene rings is 1. The number of carbonyl (C=O) groups is 1. The van der Waals surface area contributed by atoms with Crippen LogP contribution in [0.5, 0.6) is 0 Å². The highest BCUT2D eigenvalue weighted by Gasteiger charge is 2.32. The molecule has 1 aromatic heterocycles. The molecule has 1 aliphatic carbocycles. The van der Waals surface area contributed by atoms with Crippen LogP contribution >= 0.6 is 11.6 Å². The van der Waals surface area contributed by atoms with Gasteiger partial charge >= 0.3 is 12.1 Å². The fourth-order valence-corrected chi connectivity index (χ4v) is 2.72. The molecular formula is C17H15ClF3N3O2. The van der Waals surface area contributed by atoms with Crippen molar-refractivity contribution in [3.05, 3.63) is 46.4 Å². The van der Waals surface area contributed by atoms with E-state index in [1.54, 1.807) is 7.05 Å². The van der Waals surface area contributed by atoms with Gasteiger partial charge in [0.2, 0.25) is 0 Å². The zero-order chi connectivity index (χ0) is 19.1. The van der Waals surface area contributed by atoms with Gasteiger partial charge in [-0.3, -0.25) is 0 Å². The van der Waals surface area contributed by atoms with Crippen LogP contribution in [0.4, 0.5) is 24.7 Å². The summed E-state index contributed by atoms with van der Waals surface area (Å²) in [6.07, 6.45) is -2.60. The number of esters is 1. The van der Waals surface area contributed by atoms with E-state index in [-0.39, 0.29) is 22.5 Å². The third-order valence-electron chi connectivity index (χ3n) is 4.07. The van der Waals surface area contributed by atoms with Crippen LogP contribution < -0.4 is 4.90 Å².